The molecule has 1 aromatic carbocycles. The van der Waals surface area contributed by atoms with Crippen LogP contribution in [0.2, 0.25) is 0 Å². The third-order valence-electron chi connectivity index (χ3n) is 2.27. The zero-order valence-electron chi connectivity index (χ0n) is 9.78. The Kier molecular flexibility index (Phi) is 3.90. The van der Waals surface area contributed by atoms with E-state index in [1.54, 1.807) is 25.3 Å². The summed E-state index contributed by atoms with van der Waals surface area (Å²) in [6.45, 7) is 3.68. The Labute approximate surface area is 95.2 Å². The van der Waals surface area contributed by atoms with Gasteiger partial charge in [-0.1, -0.05) is 6.07 Å². The number of benzene rings is 1. The van der Waals surface area contributed by atoms with Gasteiger partial charge < -0.3 is 15.2 Å². The summed E-state index contributed by atoms with van der Waals surface area (Å²) in [5.41, 5.74) is 0.0953. The molecule has 88 valence electrons. The van der Waals surface area contributed by atoms with Gasteiger partial charge in [0.1, 0.15) is 5.75 Å². The van der Waals surface area contributed by atoms with E-state index in [-0.39, 0.29) is 18.1 Å². The summed E-state index contributed by atoms with van der Waals surface area (Å²) >= 11 is 0. The third-order valence-corrected chi connectivity index (χ3v) is 2.27. The number of anilines is 1. The lowest BCUT2D eigenvalue weighted by atomic mass is 10.0. The zero-order valence-corrected chi connectivity index (χ0v) is 9.78. The minimum Gasteiger partial charge on any atom is -0.508 e. The second kappa shape index (κ2) is 4.99. The minimum atomic E-state index is -0.485. The van der Waals surface area contributed by atoms with Crippen LogP contribution in [-0.4, -0.2) is 23.7 Å². The highest BCUT2D eigenvalue weighted by atomic mass is 16.5. The molecule has 0 aliphatic rings. The predicted molar refractivity (Wildman–Crippen MR) is 62.4 cm³/mol. The number of phenolic OH excluding ortho intramolecular Hbond substituents is 1. The molecule has 4 nitrogen and oxygen atoms in total. The van der Waals surface area contributed by atoms with Crippen LogP contribution in [0.4, 0.5) is 5.69 Å². The van der Waals surface area contributed by atoms with Crippen molar-refractivity contribution in [3.05, 3.63) is 24.3 Å². The average Bonchev–Trinajstić information content (AvgIpc) is 2.16. The molecule has 0 fully saturated rings. The molecule has 0 spiro atoms. The summed E-state index contributed by atoms with van der Waals surface area (Å²) in [6, 6.07) is 6.44. The average molecular weight is 223 g/mol. The lowest BCUT2D eigenvalue weighted by molar-refractivity contribution is -0.121. The van der Waals surface area contributed by atoms with Crippen molar-refractivity contribution in [3.8, 4) is 5.75 Å². The molecular weight excluding hydrogens is 206 g/mol. The Morgan fingerprint density at radius 3 is 2.75 bits per heavy atom. The highest BCUT2D eigenvalue weighted by Crippen LogP contribution is 2.18. The number of methoxy groups -OCH3 is 1. The van der Waals surface area contributed by atoms with Gasteiger partial charge in [-0.05, 0) is 26.0 Å². The second-order valence-electron chi connectivity index (χ2n) is 4.24. The number of phenols is 1. The highest BCUT2D eigenvalue weighted by molar-refractivity contribution is 5.91. The molecule has 0 heterocycles. The molecule has 0 radical (unpaired) electrons. The Morgan fingerprint density at radius 1 is 1.50 bits per heavy atom. The third kappa shape index (κ3) is 3.90. The van der Waals surface area contributed by atoms with E-state index in [0.717, 1.165) is 0 Å². The quantitative estimate of drug-likeness (QED) is 0.822. The molecule has 0 aliphatic heterocycles. The van der Waals surface area contributed by atoms with Gasteiger partial charge in [-0.15, -0.1) is 0 Å². The van der Waals surface area contributed by atoms with Gasteiger partial charge in [-0.2, -0.15) is 0 Å². The topological polar surface area (TPSA) is 58.6 Å². The summed E-state index contributed by atoms with van der Waals surface area (Å²) in [4.78, 5) is 11.6. The normalized spacial score (nSPS) is 11.2. The number of rotatable bonds is 4. The molecule has 1 rings (SSSR count). The molecule has 0 atom stereocenters. The summed E-state index contributed by atoms with van der Waals surface area (Å²) in [5.74, 6) is -0.0127. The van der Waals surface area contributed by atoms with Crippen LogP contribution in [0.3, 0.4) is 0 Å². The van der Waals surface area contributed by atoms with Gasteiger partial charge in [0, 0.05) is 18.9 Å². The Balaban J connectivity index is 2.59. The van der Waals surface area contributed by atoms with E-state index in [9.17, 15) is 9.90 Å². The summed E-state index contributed by atoms with van der Waals surface area (Å²) in [6.07, 6.45) is 0.263. The maximum atomic E-state index is 11.6. The van der Waals surface area contributed by atoms with Crippen LogP contribution in [0.25, 0.3) is 0 Å². The smallest absolute Gasteiger partial charge is 0.227 e. The Hall–Kier alpha value is -1.55. The molecule has 2 N–H and O–H groups in total. The molecule has 16 heavy (non-hydrogen) atoms. The van der Waals surface area contributed by atoms with Gasteiger partial charge in [0.05, 0.1) is 12.0 Å². The molecule has 4 heteroatoms. The van der Waals surface area contributed by atoms with Crippen molar-refractivity contribution in [2.45, 2.75) is 25.9 Å². The number of aromatic hydroxyl groups is 1. The number of nitrogens with one attached hydrogen (secondary N) is 1. The summed E-state index contributed by atoms with van der Waals surface area (Å²) < 4.78 is 5.16. The molecule has 0 aromatic heterocycles. The number of amides is 1. The van der Waals surface area contributed by atoms with Crippen molar-refractivity contribution in [1.82, 2.24) is 0 Å². The molecule has 1 amide bonds. The first-order chi connectivity index (χ1) is 7.43. The summed E-state index contributed by atoms with van der Waals surface area (Å²) in [5, 5.41) is 11.9. The minimum absolute atomic E-state index is 0.129. The van der Waals surface area contributed by atoms with Crippen LogP contribution in [0.1, 0.15) is 20.3 Å². The van der Waals surface area contributed by atoms with Crippen molar-refractivity contribution in [2.75, 3.05) is 12.4 Å². The Bertz CT molecular complexity index is 374. The van der Waals surface area contributed by atoms with E-state index in [2.05, 4.69) is 5.32 Å². The number of hydrogen-bond donors (Lipinski definition) is 2. The van der Waals surface area contributed by atoms with E-state index in [4.69, 9.17) is 4.74 Å². The maximum Gasteiger partial charge on any atom is 0.227 e. The highest BCUT2D eigenvalue weighted by Gasteiger charge is 2.20. The SMILES string of the molecule is COC(C)(C)CC(=O)Nc1cccc(O)c1. The fourth-order valence-corrected chi connectivity index (χ4v) is 1.25. The van der Waals surface area contributed by atoms with Crippen LogP contribution in [0, 0.1) is 0 Å². The Morgan fingerprint density at radius 2 is 2.19 bits per heavy atom. The van der Waals surface area contributed by atoms with E-state index in [1.807, 2.05) is 13.8 Å². The molecule has 1 aromatic rings. The van der Waals surface area contributed by atoms with Crippen molar-refractivity contribution in [2.24, 2.45) is 0 Å². The molecule has 0 saturated heterocycles. The molecule has 0 bridgehead atoms. The van der Waals surface area contributed by atoms with Gasteiger partial charge in [-0.25, -0.2) is 0 Å². The van der Waals surface area contributed by atoms with Gasteiger partial charge >= 0.3 is 0 Å². The van der Waals surface area contributed by atoms with E-state index in [1.165, 1.54) is 6.07 Å². The van der Waals surface area contributed by atoms with Crippen LogP contribution in [-0.2, 0) is 9.53 Å². The van der Waals surface area contributed by atoms with Crippen LogP contribution < -0.4 is 5.32 Å². The second-order valence-corrected chi connectivity index (χ2v) is 4.24. The van der Waals surface area contributed by atoms with Crippen molar-refractivity contribution >= 4 is 11.6 Å². The van der Waals surface area contributed by atoms with Gasteiger partial charge in [-0.3, -0.25) is 4.79 Å². The lowest BCUT2D eigenvalue weighted by Gasteiger charge is -2.21. The number of carbonyl (C=O) groups excluding carboxylic acids is 1. The largest absolute Gasteiger partial charge is 0.508 e. The molecular formula is C12H17NO3. The fourth-order valence-electron chi connectivity index (χ4n) is 1.25. The van der Waals surface area contributed by atoms with Crippen molar-refractivity contribution in [1.29, 1.82) is 0 Å². The van der Waals surface area contributed by atoms with Crippen LogP contribution >= 0.6 is 0 Å². The van der Waals surface area contributed by atoms with Crippen molar-refractivity contribution < 1.29 is 14.6 Å². The van der Waals surface area contributed by atoms with E-state index in [0.29, 0.717) is 5.69 Å². The lowest BCUT2D eigenvalue weighted by Crippen LogP contribution is -2.29. The number of carbonyl (C=O) groups is 1. The monoisotopic (exact) mass is 223 g/mol. The standard InChI is InChI=1S/C12H17NO3/c1-12(2,16-3)8-11(15)13-9-5-4-6-10(14)7-9/h4-7,14H,8H2,1-3H3,(H,13,15). The van der Waals surface area contributed by atoms with Gasteiger partial charge in [0.2, 0.25) is 5.91 Å². The summed E-state index contributed by atoms with van der Waals surface area (Å²) in [7, 11) is 1.57. The first-order valence-corrected chi connectivity index (χ1v) is 5.07. The maximum absolute atomic E-state index is 11.6. The van der Waals surface area contributed by atoms with Gasteiger partial charge in [0.25, 0.3) is 0 Å². The zero-order chi connectivity index (χ0) is 12.2. The fraction of sp³-hybridized carbons (Fsp3) is 0.417. The van der Waals surface area contributed by atoms with E-state index < -0.39 is 5.60 Å². The first-order valence-electron chi connectivity index (χ1n) is 5.07. The first kappa shape index (κ1) is 12.5. The van der Waals surface area contributed by atoms with Crippen molar-refractivity contribution in [3.63, 3.8) is 0 Å². The number of ether oxygens (including phenoxy) is 1. The predicted octanol–water partition coefficient (Wildman–Crippen LogP) is 2.15. The van der Waals surface area contributed by atoms with Gasteiger partial charge in [0.15, 0.2) is 0 Å². The molecule has 0 unspecified atom stereocenters. The van der Waals surface area contributed by atoms with Crippen LogP contribution in [0.15, 0.2) is 24.3 Å². The molecule has 0 aliphatic carbocycles. The van der Waals surface area contributed by atoms with Crippen LogP contribution in [0.5, 0.6) is 5.75 Å². The molecule has 0 saturated carbocycles. The number of hydrogen-bond acceptors (Lipinski definition) is 3. The van der Waals surface area contributed by atoms with E-state index >= 15 is 0 Å².